The van der Waals surface area contributed by atoms with Crippen molar-refractivity contribution in [1.82, 2.24) is 9.97 Å². The number of nitrogens with one attached hydrogen (secondary N) is 1. The largest absolute Gasteiger partial charge is 0.325 e. The number of aryl methyl sites for hydroxylation is 1. The molecule has 2 aromatic heterocycles. The molecule has 0 aliphatic heterocycles. The minimum atomic E-state index is -0.0966. The van der Waals surface area contributed by atoms with Gasteiger partial charge in [0.1, 0.15) is 16.2 Å². The number of anilines is 1. The van der Waals surface area contributed by atoms with Crippen LogP contribution in [0.1, 0.15) is 5.56 Å². The third kappa shape index (κ3) is 4.19. The van der Waals surface area contributed by atoms with Gasteiger partial charge in [-0.05, 0) is 36.2 Å². The van der Waals surface area contributed by atoms with Crippen LogP contribution in [0.3, 0.4) is 0 Å². The zero-order chi connectivity index (χ0) is 19.5. The standard InChI is InChI=1S/C21H16ClN3OS2/c1-13-7-8-15(22)9-17(13)25-19(26)11-27-20-16-10-18(14-5-3-2-4-6-14)28-21(16)24-12-23-20/h2-10,12H,11H2,1H3,(H,25,26). The summed E-state index contributed by atoms with van der Waals surface area (Å²) in [6, 6.07) is 17.7. The first-order valence-electron chi connectivity index (χ1n) is 8.59. The second-order valence-electron chi connectivity index (χ2n) is 6.17. The molecule has 28 heavy (non-hydrogen) atoms. The molecule has 0 saturated heterocycles. The fourth-order valence-electron chi connectivity index (χ4n) is 2.74. The highest BCUT2D eigenvalue weighted by Gasteiger charge is 2.13. The van der Waals surface area contributed by atoms with E-state index in [1.54, 1.807) is 29.8 Å². The molecule has 4 aromatic rings. The minimum Gasteiger partial charge on any atom is -0.325 e. The smallest absolute Gasteiger partial charge is 0.234 e. The van der Waals surface area contributed by atoms with Crippen molar-refractivity contribution in [2.45, 2.75) is 11.9 Å². The summed E-state index contributed by atoms with van der Waals surface area (Å²) < 4.78 is 0. The summed E-state index contributed by atoms with van der Waals surface area (Å²) in [5.41, 5.74) is 2.85. The second kappa shape index (κ2) is 8.31. The SMILES string of the molecule is Cc1ccc(Cl)cc1NC(=O)CSc1ncnc2sc(-c3ccccc3)cc12. The number of hydrogen-bond donors (Lipinski definition) is 1. The molecule has 0 fully saturated rings. The van der Waals surface area contributed by atoms with Gasteiger partial charge < -0.3 is 5.32 Å². The van der Waals surface area contributed by atoms with Crippen LogP contribution in [0.4, 0.5) is 5.69 Å². The number of nitrogens with zero attached hydrogens (tertiary/aromatic N) is 2. The van der Waals surface area contributed by atoms with Crippen LogP contribution < -0.4 is 5.32 Å². The number of hydrogen-bond acceptors (Lipinski definition) is 5. The van der Waals surface area contributed by atoms with Gasteiger partial charge >= 0.3 is 0 Å². The highest BCUT2D eigenvalue weighted by atomic mass is 35.5. The van der Waals surface area contributed by atoms with Crippen molar-refractivity contribution in [1.29, 1.82) is 0 Å². The molecule has 0 atom stereocenters. The topological polar surface area (TPSA) is 54.9 Å². The monoisotopic (exact) mass is 425 g/mol. The molecule has 1 amide bonds. The number of aromatic nitrogens is 2. The molecule has 0 radical (unpaired) electrons. The number of benzene rings is 2. The molecule has 0 bridgehead atoms. The van der Waals surface area contributed by atoms with Gasteiger partial charge in [0.2, 0.25) is 5.91 Å². The van der Waals surface area contributed by atoms with Gasteiger partial charge in [0.05, 0.1) is 5.75 Å². The summed E-state index contributed by atoms with van der Waals surface area (Å²) in [5, 5.41) is 5.29. The number of amides is 1. The van der Waals surface area contributed by atoms with Crippen molar-refractivity contribution >= 4 is 56.5 Å². The van der Waals surface area contributed by atoms with Gasteiger partial charge in [-0.25, -0.2) is 9.97 Å². The van der Waals surface area contributed by atoms with Gasteiger partial charge in [-0.3, -0.25) is 4.79 Å². The summed E-state index contributed by atoms with van der Waals surface area (Å²) in [7, 11) is 0. The Hall–Kier alpha value is -2.41. The van der Waals surface area contributed by atoms with E-state index in [0.717, 1.165) is 36.9 Å². The molecule has 7 heteroatoms. The molecular formula is C21H16ClN3OS2. The molecule has 1 N–H and O–H groups in total. The lowest BCUT2D eigenvalue weighted by molar-refractivity contribution is -0.113. The van der Waals surface area contributed by atoms with E-state index in [2.05, 4.69) is 33.5 Å². The van der Waals surface area contributed by atoms with Crippen molar-refractivity contribution in [3.63, 3.8) is 0 Å². The summed E-state index contributed by atoms with van der Waals surface area (Å²) >= 11 is 9.05. The van der Waals surface area contributed by atoms with Crippen molar-refractivity contribution in [2.75, 3.05) is 11.1 Å². The van der Waals surface area contributed by atoms with Crippen molar-refractivity contribution in [2.24, 2.45) is 0 Å². The number of carbonyl (C=O) groups excluding carboxylic acids is 1. The predicted octanol–water partition coefficient (Wildman–Crippen LogP) is 6.05. The Bertz CT molecular complexity index is 1150. The van der Waals surface area contributed by atoms with Gasteiger partial charge in [0.15, 0.2) is 0 Å². The van der Waals surface area contributed by atoms with E-state index in [1.807, 2.05) is 31.2 Å². The maximum absolute atomic E-state index is 12.4. The van der Waals surface area contributed by atoms with Crippen molar-refractivity contribution < 1.29 is 4.79 Å². The molecule has 4 nitrogen and oxygen atoms in total. The first-order valence-corrected chi connectivity index (χ1v) is 10.8. The van der Waals surface area contributed by atoms with E-state index in [-0.39, 0.29) is 11.7 Å². The third-order valence-corrected chi connectivity index (χ3v) is 6.50. The molecule has 140 valence electrons. The fraction of sp³-hybridized carbons (Fsp3) is 0.0952. The van der Waals surface area contributed by atoms with Crippen LogP contribution in [-0.2, 0) is 4.79 Å². The molecule has 4 rings (SSSR count). The Balaban J connectivity index is 1.51. The van der Waals surface area contributed by atoms with Crippen molar-refractivity contribution in [3.8, 4) is 10.4 Å². The molecule has 0 unspecified atom stereocenters. The number of rotatable bonds is 5. The van der Waals surface area contributed by atoms with Crippen molar-refractivity contribution in [3.05, 3.63) is 71.5 Å². The van der Waals surface area contributed by atoms with Gasteiger partial charge in [-0.1, -0.05) is 59.8 Å². The van der Waals surface area contributed by atoms with E-state index >= 15 is 0 Å². The van der Waals surface area contributed by atoms with Gasteiger partial charge in [-0.15, -0.1) is 11.3 Å². The number of thioether (sulfide) groups is 1. The first-order chi connectivity index (χ1) is 13.6. The highest BCUT2D eigenvalue weighted by molar-refractivity contribution is 8.00. The van der Waals surface area contributed by atoms with Crippen LogP contribution in [0.15, 0.2) is 66.0 Å². The Morgan fingerprint density at radius 1 is 1.14 bits per heavy atom. The average molecular weight is 426 g/mol. The summed E-state index contributed by atoms with van der Waals surface area (Å²) in [4.78, 5) is 23.2. The van der Waals surface area contributed by atoms with E-state index in [9.17, 15) is 4.79 Å². The zero-order valence-electron chi connectivity index (χ0n) is 15.0. The quantitative estimate of drug-likeness (QED) is 0.312. The Morgan fingerprint density at radius 3 is 2.79 bits per heavy atom. The maximum Gasteiger partial charge on any atom is 0.234 e. The van der Waals surface area contributed by atoms with E-state index in [0.29, 0.717) is 5.02 Å². The third-order valence-electron chi connectivity index (χ3n) is 4.16. The minimum absolute atomic E-state index is 0.0966. The van der Waals surface area contributed by atoms with Gasteiger partial charge in [0, 0.05) is 21.0 Å². The zero-order valence-corrected chi connectivity index (χ0v) is 17.4. The Labute approximate surface area is 176 Å². The molecule has 2 heterocycles. The van der Waals surface area contributed by atoms with Crippen LogP contribution in [0.25, 0.3) is 20.7 Å². The summed E-state index contributed by atoms with van der Waals surface area (Å²) in [5.74, 6) is 0.162. The van der Waals surface area contributed by atoms with Crippen LogP contribution in [0, 0.1) is 6.92 Å². The first kappa shape index (κ1) is 18.9. The number of fused-ring (bicyclic) bond motifs is 1. The number of carbonyl (C=O) groups is 1. The number of halogens is 1. The van der Waals surface area contributed by atoms with Gasteiger partial charge in [-0.2, -0.15) is 0 Å². The molecule has 2 aromatic carbocycles. The molecule has 0 aliphatic carbocycles. The lowest BCUT2D eigenvalue weighted by Crippen LogP contribution is -2.15. The normalized spacial score (nSPS) is 10.9. The summed E-state index contributed by atoms with van der Waals surface area (Å²) in [6.45, 7) is 1.93. The van der Waals surface area contributed by atoms with E-state index < -0.39 is 0 Å². The lowest BCUT2D eigenvalue weighted by atomic mass is 10.2. The molecule has 0 saturated carbocycles. The van der Waals surface area contributed by atoms with Crippen LogP contribution in [0.2, 0.25) is 5.02 Å². The van der Waals surface area contributed by atoms with Crippen LogP contribution in [0.5, 0.6) is 0 Å². The Morgan fingerprint density at radius 2 is 1.96 bits per heavy atom. The predicted molar refractivity (Wildman–Crippen MR) is 118 cm³/mol. The van der Waals surface area contributed by atoms with Crippen LogP contribution in [-0.4, -0.2) is 21.6 Å². The highest BCUT2D eigenvalue weighted by Crippen LogP contribution is 2.36. The van der Waals surface area contributed by atoms with E-state index in [4.69, 9.17) is 11.6 Å². The van der Waals surface area contributed by atoms with E-state index in [1.165, 1.54) is 11.8 Å². The second-order valence-corrected chi connectivity index (χ2v) is 8.60. The van der Waals surface area contributed by atoms with Crippen LogP contribution >= 0.6 is 34.7 Å². The summed E-state index contributed by atoms with van der Waals surface area (Å²) in [6.07, 6.45) is 1.55. The average Bonchev–Trinajstić information content (AvgIpc) is 3.15. The molecule has 0 spiro atoms. The lowest BCUT2D eigenvalue weighted by Gasteiger charge is -2.08. The molecular weight excluding hydrogens is 410 g/mol. The molecule has 0 aliphatic rings. The fourth-order valence-corrected chi connectivity index (χ4v) is 4.76. The number of thiophene rings is 1. The maximum atomic E-state index is 12.4. The van der Waals surface area contributed by atoms with Gasteiger partial charge in [0.25, 0.3) is 0 Å². The Kier molecular flexibility index (Phi) is 5.62.